The molecule has 0 aliphatic carbocycles. The van der Waals surface area contributed by atoms with E-state index in [1.165, 1.54) is 71.5 Å². The van der Waals surface area contributed by atoms with Gasteiger partial charge in [0.05, 0.1) is 57.3 Å². The van der Waals surface area contributed by atoms with Crippen LogP contribution in [0.3, 0.4) is 0 Å². The number of carbonyl (C=O) groups is 22. The van der Waals surface area contributed by atoms with Crippen LogP contribution in [0.5, 0.6) is 0 Å². The second kappa shape index (κ2) is 58.2. The molecule has 0 bridgehead atoms. The van der Waals surface area contributed by atoms with Gasteiger partial charge in [-0.15, -0.1) is 0 Å². The molecule has 0 saturated carbocycles. The number of guanidine groups is 1. The van der Waals surface area contributed by atoms with E-state index in [-0.39, 0.29) is 89.8 Å². The first-order chi connectivity index (χ1) is 65.7. The van der Waals surface area contributed by atoms with Crippen molar-refractivity contribution in [2.75, 3.05) is 45.1 Å². The van der Waals surface area contributed by atoms with E-state index >= 15 is 0 Å². The number of thiol groups is 1. The van der Waals surface area contributed by atoms with Gasteiger partial charge in [0.25, 0.3) is 0 Å². The SMILES string of the molecule is CC[C@H](C)[C@H](NC(=O)[C@H](C)NC(=O)[C@H](CC(=O)O)NC(=O)[C@@H](N)Cc1cnc[nH]1)C(=O)N[C@@H](CC(C)C)C(=O)N[C@@H](Cc1cnc[nH]1)C(=O)N[C@H](C(=O)N1CCC[C@H]1C(=O)NCC(=O)N[C@H](C(=O)N1CCC[C@H]1C(=O)N[C@@H](CS)C(=O)N[C@H](C(=O)N[C@@H](CCCNC(=N)N)C(=O)N[C@@H](CCC(=O)O)C(=O)NCC(=O)N[C@@H](CC(N)=O)C(=O)N[C@H](C(=O)N[C@@H](CO)C(=O)O)C(C)C)C(C)C)C(C)C)[C@@H](C)O. The zero-order valence-electron chi connectivity index (χ0n) is 80.1. The van der Waals surface area contributed by atoms with Gasteiger partial charge in [0.2, 0.25) is 112 Å². The summed E-state index contributed by atoms with van der Waals surface area (Å²) >= 11 is 4.30. The largest absolute Gasteiger partial charge is 0.481 e. The van der Waals surface area contributed by atoms with Crippen molar-refractivity contribution < 1.29 is 131 Å². The molecule has 2 aliphatic rings. The van der Waals surface area contributed by atoms with Gasteiger partial charge in [-0.2, -0.15) is 12.6 Å². The van der Waals surface area contributed by atoms with Gasteiger partial charge in [-0.3, -0.25) is 106 Å². The van der Waals surface area contributed by atoms with Crippen molar-refractivity contribution in [3.8, 4) is 0 Å². The maximum absolute atomic E-state index is 14.6. The average Bonchev–Trinajstić information content (AvgIpc) is 1.65. The summed E-state index contributed by atoms with van der Waals surface area (Å²) < 4.78 is 0. The Labute approximate surface area is 811 Å². The van der Waals surface area contributed by atoms with Crippen molar-refractivity contribution in [2.24, 2.45) is 46.8 Å². The number of aliphatic carboxylic acids is 3. The number of nitrogens with one attached hydrogen (secondary N) is 20. The molecule has 4 heterocycles. The quantitative estimate of drug-likeness (QED) is 0.0127. The molecule has 19 atom stereocenters. The normalized spacial score (nSPS) is 17.1. The van der Waals surface area contributed by atoms with Gasteiger partial charge in [-0.1, -0.05) is 75.7 Å². The lowest BCUT2D eigenvalue weighted by Gasteiger charge is -2.32. The Morgan fingerprint density at radius 2 is 0.921 bits per heavy atom. The second-order valence-corrected chi connectivity index (χ2v) is 36.0. The van der Waals surface area contributed by atoms with Crippen LogP contribution in [0.2, 0.25) is 0 Å². The molecule has 2 saturated heterocycles. The summed E-state index contributed by atoms with van der Waals surface area (Å²) in [4.78, 5) is 315. The summed E-state index contributed by atoms with van der Waals surface area (Å²) in [5.41, 5.74) is 17.6. The van der Waals surface area contributed by atoms with Crippen LogP contribution in [0.1, 0.15) is 172 Å². The number of aromatic nitrogens is 4. The average molecular weight is 2000 g/mol. The Kier molecular flexibility index (Phi) is 49.3. The molecular formula is C85H137N27O27S. The molecule has 0 radical (unpaired) electrons. The zero-order chi connectivity index (χ0) is 105. The molecule has 0 unspecified atom stereocenters. The lowest BCUT2D eigenvalue weighted by Crippen LogP contribution is -2.62. The van der Waals surface area contributed by atoms with Crippen LogP contribution in [-0.2, 0) is 118 Å². The van der Waals surface area contributed by atoms with E-state index in [9.17, 15) is 131 Å². The standard InChI is InChI=1S/C85H137N27O27S/c1-13-42(10)66(109-68(122)43(11)97-72(126)53(29-62(120)121)101-69(123)47(86)26-45-30-90-36-95-45)81(135)103-50(25-38(2)3)73(127)102-51(27-46-31-91-37-96-46)74(128)110-67(44(12)114)83(137)111-23-15-18-56(111)77(131)94-33-60(117)106-65(41(8)9)82(136)112-24-16-19-57(112)78(132)105-55(35-140)76(130)108-63(39(4)5)79(133)100-48(17-14-22-92-85(88)89)71(125)99-49(20-21-61(118)119)70(124)93-32-59(116)98-52(28-58(87)115)75(129)107-64(40(6)7)80(134)104-54(34-113)84(138)139/h30-31,36-44,47-57,63-67,113-114,140H,13-29,32-35,86H2,1-12H3,(H2,87,115)(H,90,95)(H,91,96)(H,93,124)(H,94,131)(H,97,126)(H,98,116)(H,99,125)(H,100,133)(H,101,123)(H,102,127)(H,103,135)(H,104,134)(H,105,132)(H,106,117)(H,107,129)(H,108,130)(H,109,122)(H,110,128)(H,118,119)(H,120,121)(H,138,139)(H4,88,89,92)/t42-,43-,44+,47-,48-,49-,50-,51-,52-,53-,54-,55-,56-,57-,63-,64-,65-,66-,67-/m0/s1. The second-order valence-electron chi connectivity index (χ2n) is 35.6. The van der Waals surface area contributed by atoms with Gasteiger partial charge in [-0.05, 0) is 94.8 Å². The van der Waals surface area contributed by atoms with Crippen LogP contribution < -0.4 is 108 Å². The molecule has 2 aromatic heterocycles. The Morgan fingerprint density at radius 3 is 1.42 bits per heavy atom. The molecule has 0 spiro atoms. The summed E-state index contributed by atoms with van der Waals surface area (Å²) in [5.74, 6) is -27.4. The molecular weight excluding hydrogens is 1860 g/mol. The Balaban J connectivity index is 1.44. The van der Waals surface area contributed by atoms with Crippen LogP contribution in [0, 0.1) is 35.0 Å². The smallest absolute Gasteiger partial charge is 0.328 e. The highest BCUT2D eigenvalue weighted by molar-refractivity contribution is 7.80. The zero-order valence-corrected chi connectivity index (χ0v) is 81.0. The predicted molar refractivity (Wildman–Crippen MR) is 497 cm³/mol. The van der Waals surface area contributed by atoms with Crippen molar-refractivity contribution >= 4 is 149 Å². The van der Waals surface area contributed by atoms with Gasteiger partial charge in [-0.25, -0.2) is 14.8 Å². The molecule has 2 aromatic rings. The molecule has 4 rings (SSSR count). The van der Waals surface area contributed by atoms with Crippen LogP contribution >= 0.6 is 12.6 Å². The number of carboxylic acids is 3. The number of imidazole rings is 2. The van der Waals surface area contributed by atoms with Gasteiger partial charge in [0.15, 0.2) is 5.96 Å². The summed E-state index contributed by atoms with van der Waals surface area (Å²) in [6.07, 6.45) is 0.708. The monoisotopic (exact) mass is 2000 g/mol. The summed E-state index contributed by atoms with van der Waals surface area (Å²) in [7, 11) is 0. The molecule has 55 heteroatoms. The lowest BCUT2D eigenvalue weighted by atomic mass is 9.96. The highest BCUT2D eigenvalue weighted by atomic mass is 32.1. The number of carboxylic acid groups (broad SMARTS) is 3. The van der Waals surface area contributed by atoms with Crippen LogP contribution in [0.15, 0.2) is 25.0 Å². The van der Waals surface area contributed by atoms with E-state index in [1.54, 1.807) is 41.5 Å². The number of nitrogens with zero attached hydrogens (tertiary/aromatic N) is 4. The van der Waals surface area contributed by atoms with E-state index in [4.69, 9.17) is 22.6 Å². The number of hydrogen-bond acceptors (Lipinski definition) is 29. The van der Waals surface area contributed by atoms with E-state index < -0.39 is 320 Å². The third-order valence-corrected chi connectivity index (χ3v) is 23.1. The first kappa shape index (κ1) is 119. The fourth-order valence-corrected chi connectivity index (χ4v) is 15.0. The van der Waals surface area contributed by atoms with Crippen molar-refractivity contribution in [3.05, 3.63) is 36.4 Å². The van der Waals surface area contributed by atoms with Crippen molar-refractivity contribution in [3.63, 3.8) is 0 Å². The molecule has 2 aliphatic heterocycles. The van der Waals surface area contributed by atoms with Gasteiger partial charge >= 0.3 is 17.9 Å². The number of likely N-dealkylation sites (tertiary alicyclic amines) is 2. The molecule has 19 amide bonds. The topological polar surface area (TPSA) is 847 Å². The molecule has 140 heavy (non-hydrogen) atoms. The third-order valence-electron chi connectivity index (χ3n) is 22.7. The minimum absolute atomic E-state index is 0.0160. The van der Waals surface area contributed by atoms with Gasteiger partial charge in [0.1, 0.15) is 96.7 Å². The number of amides is 19. The fraction of sp³-hybridized carbons (Fsp3) is 0.659. The maximum atomic E-state index is 14.6. The number of aromatic amines is 2. The predicted octanol–water partition coefficient (Wildman–Crippen LogP) is -9.81. The molecule has 31 N–H and O–H groups in total. The number of aliphatic hydroxyl groups excluding tert-OH is 2. The van der Waals surface area contributed by atoms with Crippen molar-refractivity contribution in [1.82, 2.24) is 120 Å². The van der Waals surface area contributed by atoms with E-state index in [1.807, 2.05) is 5.32 Å². The van der Waals surface area contributed by atoms with Crippen LogP contribution in [0.4, 0.5) is 0 Å². The summed E-state index contributed by atoms with van der Waals surface area (Å²) in [6, 6.07) is -25.9. The van der Waals surface area contributed by atoms with Crippen molar-refractivity contribution in [1.29, 1.82) is 5.41 Å². The van der Waals surface area contributed by atoms with Crippen LogP contribution in [-0.4, -0.2) is 345 Å². The number of nitrogens with two attached hydrogens (primary N) is 3. The van der Waals surface area contributed by atoms with E-state index in [0.717, 1.165) is 4.90 Å². The number of carbonyl (C=O) groups excluding carboxylic acids is 19. The first-order valence-corrected chi connectivity index (χ1v) is 46.4. The van der Waals surface area contributed by atoms with Gasteiger partial charge < -0.3 is 153 Å². The van der Waals surface area contributed by atoms with Gasteiger partial charge in [0, 0.05) is 68.4 Å². The number of rotatable bonds is 60. The van der Waals surface area contributed by atoms with Crippen molar-refractivity contribution in [2.45, 2.75) is 282 Å². The Bertz CT molecular complexity index is 4660. The van der Waals surface area contributed by atoms with E-state index in [0.29, 0.717) is 11.4 Å². The molecule has 54 nitrogen and oxygen atoms in total. The van der Waals surface area contributed by atoms with E-state index in [2.05, 4.69) is 118 Å². The minimum atomic E-state index is -1.81. The summed E-state index contributed by atoms with van der Waals surface area (Å²) in [6.45, 7) is 15.4. The minimum Gasteiger partial charge on any atom is -0.481 e. The Morgan fingerprint density at radius 1 is 0.471 bits per heavy atom. The number of aliphatic hydroxyl groups is 2. The molecule has 0 aromatic carbocycles. The highest BCUT2D eigenvalue weighted by Crippen LogP contribution is 2.24. The first-order valence-electron chi connectivity index (χ1n) is 45.8. The summed E-state index contributed by atoms with van der Waals surface area (Å²) in [5, 5.41) is 98.1. The van der Waals surface area contributed by atoms with Crippen LogP contribution in [0.25, 0.3) is 0 Å². The number of H-pyrrole nitrogens is 2. The number of hydrogen-bond donors (Lipinski definition) is 29. The Hall–Kier alpha value is -13.7. The lowest BCUT2D eigenvalue weighted by molar-refractivity contribution is -0.144. The molecule has 780 valence electrons. The third kappa shape index (κ3) is 38.9. The highest BCUT2D eigenvalue weighted by Gasteiger charge is 2.45. The molecule has 2 fully saturated rings. The number of primary amides is 1. The maximum Gasteiger partial charge on any atom is 0.328 e. The fourth-order valence-electron chi connectivity index (χ4n) is 14.7.